The zero-order valence-electron chi connectivity index (χ0n) is 18.5. The van der Waals surface area contributed by atoms with Gasteiger partial charge in [-0.25, -0.2) is 9.97 Å². The Kier molecular flexibility index (Phi) is 4.09. The molecule has 0 atom stereocenters. The van der Waals surface area contributed by atoms with E-state index < -0.39 is 0 Å². The SMILES string of the molecule is CC(C)(C)Cc1cccc2c(-c3ncnc4oc5ccc6ccccc6c5c34)cccc12. The Labute approximate surface area is 186 Å². The van der Waals surface area contributed by atoms with Crippen LogP contribution >= 0.6 is 0 Å². The van der Waals surface area contributed by atoms with Crippen LogP contribution < -0.4 is 0 Å². The third-order valence-corrected chi connectivity index (χ3v) is 6.15. The zero-order chi connectivity index (χ0) is 21.9. The van der Waals surface area contributed by atoms with Crippen molar-refractivity contribution in [3.05, 3.63) is 84.7 Å². The molecule has 0 spiro atoms. The number of hydrogen-bond donors (Lipinski definition) is 0. The molecule has 0 N–H and O–H groups in total. The monoisotopic (exact) mass is 416 g/mol. The second-order valence-electron chi connectivity index (χ2n) is 9.72. The van der Waals surface area contributed by atoms with Crippen molar-refractivity contribution < 1.29 is 4.42 Å². The summed E-state index contributed by atoms with van der Waals surface area (Å²) in [7, 11) is 0. The molecular weight excluding hydrogens is 392 g/mol. The lowest BCUT2D eigenvalue weighted by Gasteiger charge is -2.20. The van der Waals surface area contributed by atoms with E-state index >= 15 is 0 Å². The molecule has 0 radical (unpaired) electrons. The summed E-state index contributed by atoms with van der Waals surface area (Å²) in [6, 6.07) is 25.7. The van der Waals surface area contributed by atoms with Crippen molar-refractivity contribution in [1.82, 2.24) is 9.97 Å². The second kappa shape index (κ2) is 6.89. The van der Waals surface area contributed by atoms with Crippen molar-refractivity contribution >= 4 is 43.6 Å². The van der Waals surface area contributed by atoms with Crippen molar-refractivity contribution in [3.63, 3.8) is 0 Å². The van der Waals surface area contributed by atoms with Crippen LogP contribution in [-0.4, -0.2) is 9.97 Å². The molecule has 0 fully saturated rings. The first-order valence-electron chi connectivity index (χ1n) is 11.1. The molecule has 0 aliphatic carbocycles. The highest BCUT2D eigenvalue weighted by molar-refractivity contribution is 6.22. The summed E-state index contributed by atoms with van der Waals surface area (Å²) in [5.74, 6) is 0. The molecule has 0 aliphatic heterocycles. The van der Waals surface area contributed by atoms with Gasteiger partial charge in [0.1, 0.15) is 11.9 Å². The average molecular weight is 417 g/mol. The van der Waals surface area contributed by atoms with Gasteiger partial charge in [-0.1, -0.05) is 87.5 Å². The number of fused-ring (bicyclic) bond motifs is 6. The summed E-state index contributed by atoms with van der Waals surface area (Å²) < 4.78 is 6.17. The van der Waals surface area contributed by atoms with Crippen molar-refractivity contribution in [2.75, 3.05) is 0 Å². The van der Waals surface area contributed by atoms with Gasteiger partial charge in [-0.2, -0.15) is 0 Å². The van der Waals surface area contributed by atoms with E-state index in [1.54, 1.807) is 6.33 Å². The van der Waals surface area contributed by atoms with E-state index in [0.717, 1.165) is 39.4 Å². The van der Waals surface area contributed by atoms with Crippen molar-refractivity contribution in [2.45, 2.75) is 27.2 Å². The maximum atomic E-state index is 6.17. The molecule has 2 aromatic heterocycles. The number of benzene rings is 4. The number of furan rings is 1. The van der Waals surface area contributed by atoms with Gasteiger partial charge in [0.25, 0.3) is 0 Å². The van der Waals surface area contributed by atoms with Gasteiger partial charge in [0, 0.05) is 10.9 Å². The first-order valence-corrected chi connectivity index (χ1v) is 11.1. The van der Waals surface area contributed by atoms with Gasteiger partial charge in [0.2, 0.25) is 5.71 Å². The molecule has 0 aliphatic rings. The lowest BCUT2D eigenvalue weighted by Crippen LogP contribution is -2.09. The largest absolute Gasteiger partial charge is 0.438 e. The van der Waals surface area contributed by atoms with E-state index in [4.69, 9.17) is 9.40 Å². The van der Waals surface area contributed by atoms with Crippen molar-refractivity contribution in [1.29, 1.82) is 0 Å². The van der Waals surface area contributed by atoms with Gasteiger partial charge in [0.15, 0.2) is 0 Å². The van der Waals surface area contributed by atoms with Crippen LogP contribution in [0.1, 0.15) is 26.3 Å². The van der Waals surface area contributed by atoms with Gasteiger partial charge in [-0.15, -0.1) is 0 Å². The number of hydrogen-bond acceptors (Lipinski definition) is 3. The van der Waals surface area contributed by atoms with Crippen LogP contribution in [0.5, 0.6) is 0 Å². The van der Waals surface area contributed by atoms with Crippen LogP contribution in [0.4, 0.5) is 0 Å². The molecule has 3 heteroatoms. The fourth-order valence-corrected chi connectivity index (χ4v) is 4.88. The predicted octanol–water partition coefficient (Wildman–Crippen LogP) is 7.94. The van der Waals surface area contributed by atoms with Gasteiger partial charge < -0.3 is 4.42 Å². The van der Waals surface area contributed by atoms with Gasteiger partial charge in [0.05, 0.1) is 11.1 Å². The fraction of sp³-hybridized carbons (Fsp3) is 0.172. The van der Waals surface area contributed by atoms with Gasteiger partial charge in [-0.3, -0.25) is 0 Å². The molecule has 0 amide bonds. The Balaban J connectivity index is 1.71. The van der Waals surface area contributed by atoms with Crippen molar-refractivity contribution in [2.24, 2.45) is 5.41 Å². The number of nitrogens with zero attached hydrogens (tertiary/aromatic N) is 2. The van der Waals surface area contributed by atoms with Crippen LogP contribution in [0, 0.1) is 5.41 Å². The standard InChI is InChI=1S/C29H24N2O/c1-29(2,3)16-19-9-6-12-22-20(19)11-7-13-23(22)27-26-25-21-10-5-4-8-18(21)14-15-24(25)32-28(26)31-17-30-27/h4-15,17H,16H2,1-3H3. The van der Waals surface area contributed by atoms with Crippen molar-refractivity contribution in [3.8, 4) is 11.3 Å². The van der Waals surface area contributed by atoms with Crippen LogP contribution in [0.15, 0.2) is 83.5 Å². The molecular formula is C29H24N2O. The molecule has 0 bridgehead atoms. The Morgan fingerprint density at radius 2 is 1.50 bits per heavy atom. The third kappa shape index (κ3) is 2.96. The lowest BCUT2D eigenvalue weighted by molar-refractivity contribution is 0.412. The molecule has 156 valence electrons. The summed E-state index contributed by atoms with van der Waals surface area (Å²) >= 11 is 0. The minimum Gasteiger partial charge on any atom is -0.438 e. The van der Waals surface area contributed by atoms with Crippen LogP contribution in [0.2, 0.25) is 0 Å². The zero-order valence-corrected chi connectivity index (χ0v) is 18.5. The molecule has 3 nitrogen and oxygen atoms in total. The van der Waals surface area contributed by atoms with Crippen LogP contribution in [0.3, 0.4) is 0 Å². The number of rotatable bonds is 2. The smallest absolute Gasteiger partial charge is 0.231 e. The summed E-state index contributed by atoms with van der Waals surface area (Å²) in [4.78, 5) is 9.27. The second-order valence-corrected chi connectivity index (χ2v) is 9.72. The highest BCUT2D eigenvalue weighted by atomic mass is 16.3. The van der Waals surface area contributed by atoms with Crippen LogP contribution in [-0.2, 0) is 6.42 Å². The molecule has 6 aromatic rings. The Bertz CT molecular complexity index is 1640. The fourth-order valence-electron chi connectivity index (χ4n) is 4.88. The number of aromatic nitrogens is 2. The summed E-state index contributed by atoms with van der Waals surface area (Å²) in [6.45, 7) is 6.85. The normalized spacial score (nSPS) is 12.3. The molecule has 32 heavy (non-hydrogen) atoms. The molecule has 2 heterocycles. The van der Waals surface area contributed by atoms with E-state index in [-0.39, 0.29) is 5.41 Å². The minimum absolute atomic E-state index is 0.214. The minimum atomic E-state index is 0.214. The highest BCUT2D eigenvalue weighted by Gasteiger charge is 2.19. The van der Waals surface area contributed by atoms with Gasteiger partial charge >= 0.3 is 0 Å². The Morgan fingerprint density at radius 3 is 2.38 bits per heavy atom. The molecule has 0 saturated carbocycles. The van der Waals surface area contributed by atoms with E-state index in [1.807, 2.05) is 6.07 Å². The Hall–Kier alpha value is -3.72. The topological polar surface area (TPSA) is 38.9 Å². The maximum absolute atomic E-state index is 6.17. The van der Waals surface area contributed by atoms with E-state index in [0.29, 0.717) is 5.71 Å². The van der Waals surface area contributed by atoms with Crippen LogP contribution in [0.25, 0.3) is 54.9 Å². The molecule has 4 aromatic carbocycles. The molecule has 0 unspecified atom stereocenters. The molecule has 6 rings (SSSR count). The van der Waals surface area contributed by atoms with E-state index in [2.05, 4.69) is 92.5 Å². The lowest BCUT2D eigenvalue weighted by atomic mass is 9.85. The first kappa shape index (κ1) is 19.0. The third-order valence-electron chi connectivity index (χ3n) is 6.15. The van der Waals surface area contributed by atoms with E-state index in [1.165, 1.54) is 21.7 Å². The average Bonchev–Trinajstić information content (AvgIpc) is 3.17. The van der Waals surface area contributed by atoms with Gasteiger partial charge in [-0.05, 0) is 45.0 Å². The van der Waals surface area contributed by atoms with E-state index in [9.17, 15) is 0 Å². The maximum Gasteiger partial charge on any atom is 0.231 e. The first-order chi connectivity index (χ1) is 15.5. The summed E-state index contributed by atoms with van der Waals surface area (Å²) in [5.41, 5.74) is 5.08. The molecule has 0 saturated heterocycles. The Morgan fingerprint density at radius 1 is 0.719 bits per heavy atom. The summed E-state index contributed by atoms with van der Waals surface area (Å²) in [5, 5.41) is 6.90. The predicted molar refractivity (Wildman–Crippen MR) is 133 cm³/mol. The highest BCUT2D eigenvalue weighted by Crippen LogP contribution is 2.40. The summed E-state index contributed by atoms with van der Waals surface area (Å²) in [6.07, 6.45) is 2.63. The quantitative estimate of drug-likeness (QED) is 0.287.